The van der Waals surface area contributed by atoms with Gasteiger partial charge in [-0.15, -0.1) is 0 Å². The van der Waals surface area contributed by atoms with Crippen molar-refractivity contribution in [1.82, 2.24) is 15.6 Å². The largest absolute Gasteiger partial charge is 0.475 e. The molecule has 3 rings (SSSR count). The number of benzene rings is 1. The Morgan fingerprint density at radius 2 is 1.96 bits per heavy atom. The highest BCUT2D eigenvalue weighted by Crippen LogP contribution is 2.32. The Morgan fingerprint density at radius 3 is 2.70 bits per heavy atom. The zero-order valence-electron chi connectivity index (χ0n) is 16.0. The van der Waals surface area contributed by atoms with Crippen molar-refractivity contribution in [3.8, 4) is 17.4 Å². The number of fused-ring (bicyclic) bond motifs is 1. The Hall–Kier alpha value is -2.96. The lowest BCUT2D eigenvalue weighted by molar-refractivity contribution is 0.174. The third kappa shape index (κ3) is 5.51. The fourth-order valence-corrected chi connectivity index (χ4v) is 2.65. The van der Waals surface area contributed by atoms with E-state index in [-0.39, 0.29) is 6.10 Å². The standard InChI is InChI=1S/C20H26N4O3/c1-14(2)27-19-7-5-16(11-23-19)12-24-20(21-3)22-9-8-15-4-6-17-18(10-15)26-13-25-17/h4-7,10-11,14H,8-9,12-13H2,1-3H3,(H2,21,22,24). The van der Waals surface area contributed by atoms with Gasteiger partial charge in [-0.05, 0) is 43.5 Å². The van der Waals surface area contributed by atoms with Crippen LogP contribution in [-0.4, -0.2) is 37.4 Å². The smallest absolute Gasteiger partial charge is 0.231 e. The first-order valence-corrected chi connectivity index (χ1v) is 9.08. The number of aliphatic imine (C=N–C) groups is 1. The van der Waals surface area contributed by atoms with Gasteiger partial charge in [0.05, 0.1) is 6.10 Å². The lowest BCUT2D eigenvalue weighted by atomic mass is 10.1. The zero-order chi connectivity index (χ0) is 19.1. The van der Waals surface area contributed by atoms with Gasteiger partial charge in [0.15, 0.2) is 17.5 Å². The van der Waals surface area contributed by atoms with Crippen LogP contribution in [0.5, 0.6) is 17.4 Å². The van der Waals surface area contributed by atoms with Crippen molar-refractivity contribution in [2.75, 3.05) is 20.4 Å². The van der Waals surface area contributed by atoms with Gasteiger partial charge in [-0.3, -0.25) is 4.99 Å². The molecule has 7 nitrogen and oxygen atoms in total. The van der Waals surface area contributed by atoms with E-state index in [2.05, 4.69) is 26.7 Å². The maximum absolute atomic E-state index is 5.55. The van der Waals surface area contributed by atoms with Crippen molar-refractivity contribution in [2.24, 2.45) is 4.99 Å². The topological polar surface area (TPSA) is 77.0 Å². The van der Waals surface area contributed by atoms with Crippen LogP contribution >= 0.6 is 0 Å². The molecule has 144 valence electrons. The average Bonchev–Trinajstić information content (AvgIpc) is 3.13. The molecular formula is C20H26N4O3. The number of nitrogens with one attached hydrogen (secondary N) is 2. The summed E-state index contributed by atoms with van der Waals surface area (Å²) in [5.74, 6) is 3.01. The Balaban J connectivity index is 1.43. The molecule has 2 heterocycles. The summed E-state index contributed by atoms with van der Waals surface area (Å²) in [4.78, 5) is 8.56. The summed E-state index contributed by atoms with van der Waals surface area (Å²) in [7, 11) is 1.76. The van der Waals surface area contributed by atoms with Crippen LogP contribution in [0.2, 0.25) is 0 Å². The van der Waals surface area contributed by atoms with Crippen LogP contribution < -0.4 is 24.8 Å². The molecular weight excluding hydrogens is 344 g/mol. The summed E-state index contributed by atoms with van der Waals surface area (Å²) in [5.41, 5.74) is 2.25. The molecule has 27 heavy (non-hydrogen) atoms. The molecule has 0 saturated carbocycles. The Morgan fingerprint density at radius 1 is 1.15 bits per heavy atom. The highest BCUT2D eigenvalue weighted by Gasteiger charge is 2.12. The molecule has 1 aliphatic rings. The van der Waals surface area contributed by atoms with Gasteiger partial charge in [0.1, 0.15) is 0 Å². The van der Waals surface area contributed by atoms with E-state index in [9.17, 15) is 0 Å². The van der Waals surface area contributed by atoms with Crippen LogP contribution in [0, 0.1) is 0 Å². The Labute approximate surface area is 159 Å². The van der Waals surface area contributed by atoms with Gasteiger partial charge in [-0.2, -0.15) is 0 Å². The van der Waals surface area contributed by atoms with Crippen LogP contribution in [0.4, 0.5) is 0 Å². The maximum atomic E-state index is 5.55. The van der Waals surface area contributed by atoms with Crippen molar-refractivity contribution in [3.05, 3.63) is 47.7 Å². The molecule has 0 bridgehead atoms. The first-order chi connectivity index (χ1) is 13.1. The lowest BCUT2D eigenvalue weighted by Gasteiger charge is -2.13. The quantitative estimate of drug-likeness (QED) is 0.576. The number of pyridine rings is 1. The van der Waals surface area contributed by atoms with Gasteiger partial charge in [0, 0.05) is 32.4 Å². The highest BCUT2D eigenvalue weighted by molar-refractivity contribution is 5.79. The summed E-state index contributed by atoms with van der Waals surface area (Å²) < 4.78 is 16.3. The van der Waals surface area contributed by atoms with E-state index in [1.165, 1.54) is 5.56 Å². The molecule has 0 unspecified atom stereocenters. The average molecular weight is 370 g/mol. The summed E-state index contributed by atoms with van der Waals surface area (Å²) in [5, 5.41) is 6.60. The zero-order valence-corrected chi connectivity index (χ0v) is 16.0. The fraction of sp³-hybridized carbons (Fsp3) is 0.400. The van der Waals surface area contributed by atoms with E-state index >= 15 is 0 Å². The molecule has 0 radical (unpaired) electrons. The summed E-state index contributed by atoms with van der Waals surface area (Å²) in [6, 6.07) is 9.90. The number of nitrogens with zero attached hydrogens (tertiary/aromatic N) is 2. The van der Waals surface area contributed by atoms with Crippen molar-refractivity contribution in [2.45, 2.75) is 32.9 Å². The molecule has 0 aliphatic carbocycles. The fourth-order valence-electron chi connectivity index (χ4n) is 2.65. The molecule has 2 N–H and O–H groups in total. The third-order valence-electron chi connectivity index (χ3n) is 3.98. The molecule has 0 fully saturated rings. The summed E-state index contributed by atoms with van der Waals surface area (Å²) in [6.07, 6.45) is 2.79. The first kappa shape index (κ1) is 18.8. The number of ether oxygens (including phenoxy) is 3. The molecule has 0 amide bonds. The lowest BCUT2D eigenvalue weighted by Crippen LogP contribution is -2.37. The predicted molar refractivity (Wildman–Crippen MR) is 104 cm³/mol. The van der Waals surface area contributed by atoms with Gasteiger partial charge in [0.25, 0.3) is 0 Å². The maximum Gasteiger partial charge on any atom is 0.231 e. The van der Waals surface area contributed by atoms with Crippen molar-refractivity contribution in [1.29, 1.82) is 0 Å². The molecule has 7 heteroatoms. The van der Waals surface area contributed by atoms with E-state index in [1.54, 1.807) is 7.05 Å². The molecule has 0 saturated heterocycles. The Bertz CT molecular complexity index is 775. The molecule has 1 aromatic heterocycles. The van der Waals surface area contributed by atoms with E-state index < -0.39 is 0 Å². The number of aromatic nitrogens is 1. The third-order valence-corrected chi connectivity index (χ3v) is 3.98. The van der Waals surface area contributed by atoms with Crippen LogP contribution in [-0.2, 0) is 13.0 Å². The summed E-state index contributed by atoms with van der Waals surface area (Å²) >= 11 is 0. The van der Waals surface area contributed by atoms with Gasteiger partial charge in [-0.25, -0.2) is 4.98 Å². The highest BCUT2D eigenvalue weighted by atomic mass is 16.7. The Kier molecular flexibility index (Phi) is 6.35. The van der Waals surface area contributed by atoms with Crippen molar-refractivity contribution in [3.63, 3.8) is 0 Å². The molecule has 0 atom stereocenters. The van der Waals surface area contributed by atoms with Gasteiger partial charge in [-0.1, -0.05) is 12.1 Å². The molecule has 1 aliphatic heterocycles. The monoisotopic (exact) mass is 370 g/mol. The van der Waals surface area contributed by atoms with E-state index in [4.69, 9.17) is 14.2 Å². The number of rotatable bonds is 7. The number of hydrogen-bond donors (Lipinski definition) is 2. The van der Waals surface area contributed by atoms with E-state index in [0.717, 1.165) is 36.0 Å². The molecule has 2 aromatic rings. The number of hydrogen-bond acceptors (Lipinski definition) is 5. The number of guanidine groups is 1. The second kappa shape index (κ2) is 9.12. The van der Waals surface area contributed by atoms with E-state index in [1.807, 2.05) is 44.3 Å². The van der Waals surface area contributed by atoms with Crippen LogP contribution in [0.25, 0.3) is 0 Å². The summed E-state index contributed by atoms with van der Waals surface area (Å²) in [6.45, 7) is 5.66. The second-order valence-corrected chi connectivity index (χ2v) is 6.46. The minimum absolute atomic E-state index is 0.120. The normalized spacial score (nSPS) is 13.0. The van der Waals surface area contributed by atoms with Crippen molar-refractivity contribution >= 4 is 5.96 Å². The minimum Gasteiger partial charge on any atom is -0.475 e. The SMILES string of the molecule is CN=C(NCCc1ccc2c(c1)OCO2)NCc1ccc(OC(C)C)nc1. The van der Waals surface area contributed by atoms with Gasteiger partial charge in [0.2, 0.25) is 12.7 Å². The van der Waals surface area contributed by atoms with E-state index in [0.29, 0.717) is 19.2 Å². The van der Waals surface area contributed by atoms with Crippen LogP contribution in [0.1, 0.15) is 25.0 Å². The van der Waals surface area contributed by atoms with Crippen molar-refractivity contribution < 1.29 is 14.2 Å². The molecule has 1 aromatic carbocycles. The van der Waals surface area contributed by atoms with Crippen LogP contribution in [0.15, 0.2) is 41.5 Å². The first-order valence-electron chi connectivity index (χ1n) is 9.08. The second-order valence-electron chi connectivity index (χ2n) is 6.46. The van der Waals surface area contributed by atoms with Gasteiger partial charge >= 0.3 is 0 Å². The minimum atomic E-state index is 0.120. The van der Waals surface area contributed by atoms with Crippen LogP contribution in [0.3, 0.4) is 0 Å². The van der Waals surface area contributed by atoms with Gasteiger partial charge < -0.3 is 24.8 Å². The molecule has 0 spiro atoms. The predicted octanol–water partition coefficient (Wildman–Crippen LogP) is 2.51.